The maximum atomic E-state index is 13.4. The molecular formula is C72H83N12NaO18S6. The Bertz CT molecular complexity index is 4270. The third-order valence-electron chi connectivity index (χ3n) is 15.8. The van der Waals surface area contributed by atoms with E-state index >= 15 is 0 Å². The molecule has 576 valence electrons. The molecule has 6 aromatic carbocycles. The van der Waals surface area contributed by atoms with Crippen LogP contribution in [0.1, 0.15) is 104 Å². The van der Waals surface area contributed by atoms with Crippen LogP contribution in [-0.4, -0.2) is 129 Å². The van der Waals surface area contributed by atoms with E-state index < -0.39 is 103 Å². The Morgan fingerprint density at radius 2 is 0.615 bits per heavy atom. The Morgan fingerprint density at radius 3 is 0.826 bits per heavy atom. The summed E-state index contributed by atoms with van der Waals surface area (Å²) < 4.78 is 115. The van der Waals surface area contributed by atoms with Crippen LogP contribution in [0.4, 0.5) is 31.4 Å². The van der Waals surface area contributed by atoms with E-state index in [9.17, 15) is 58.6 Å². The first-order valence-corrected chi connectivity index (χ1v) is 40.3. The number of hydrogen-bond acceptors (Lipinski definition) is 22. The van der Waals surface area contributed by atoms with Crippen LogP contribution in [0.2, 0.25) is 0 Å². The van der Waals surface area contributed by atoms with Gasteiger partial charge in [-0.1, -0.05) is 148 Å². The fourth-order valence-corrected chi connectivity index (χ4v) is 14.6. The number of aromatic nitrogens is 3. The van der Waals surface area contributed by atoms with Gasteiger partial charge in [-0.3, -0.25) is 37.7 Å². The third kappa shape index (κ3) is 31.6. The number of amides is 6. The molecule has 0 bridgehead atoms. The Balaban J connectivity index is 0.000000254. The molecule has 9 aromatic rings. The van der Waals surface area contributed by atoms with Gasteiger partial charge in [-0.15, -0.1) is 34.0 Å². The molecule has 0 saturated carbocycles. The second-order valence-corrected chi connectivity index (χ2v) is 29.9. The summed E-state index contributed by atoms with van der Waals surface area (Å²) in [7, 11) is -9.69. The van der Waals surface area contributed by atoms with Crippen LogP contribution in [-0.2, 0) is 117 Å². The molecule has 37 heteroatoms. The zero-order valence-corrected chi connectivity index (χ0v) is 67.3. The van der Waals surface area contributed by atoms with Gasteiger partial charge in [0.15, 0.2) is 10.3 Å². The van der Waals surface area contributed by atoms with Crippen molar-refractivity contribution in [2.75, 3.05) is 35.5 Å². The molecule has 3 heterocycles. The number of methoxy groups -OCH3 is 3. The van der Waals surface area contributed by atoms with Crippen molar-refractivity contribution in [3.63, 3.8) is 0 Å². The second-order valence-electron chi connectivity index (χ2n) is 23.8. The number of aryl methyl sites for hydroxylation is 3. The van der Waals surface area contributed by atoms with Crippen LogP contribution in [0.5, 0.6) is 0 Å². The van der Waals surface area contributed by atoms with Gasteiger partial charge in [0.1, 0.15) is 33.1 Å². The summed E-state index contributed by atoms with van der Waals surface area (Å²) in [6.07, 6.45) is 1.95. The van der Waals surface area contributed by atoms with Crippen molar-refractivity contribution in [3.05, 3.63) is 245 Å². The molecule has 0 aliphatic heterocycles. The molecule has 0 radical (unpaired) electrons. The van der Waals surface area contributed by atoms with Gasteiger partial charge in [0.2, 0.25) is 17.7 Å². The monoisotopic (exact) mass is 1620 g/mol. The Morgan fingerprint density at radius 1 is 0.376 bits per heavy atom. The molecule has 9 rings (SSSR count). The van der Waals surface area contributed by atoms with E-state index in [-0.39, 0.29) is 65.9 Å². The first kappa shape index (κ1) is 88.5. The number of ether oxygens (including phenoxy) is 3. The summed E-state index contributed by atoms with van der Waals surface area (Å²) in [4.78, 5) is 89.8. The normalized spacial score (nSPS) is 12.7. The predicted octanol–water partition coefficient (Wildman–Crippen LogP) is 6.52. The molecule has 6 atom stereocenters. The summed E-state index contributed by atoms with van der Waals surface area (Å²) in [5.74, 6) is -1.20. The topological polar surface area (TPSA) is 443 Å². The molecule has 6 amide bonds. The van der Waals surface area contributed by atoms with Gasteiger partial charge in [-0.25, -0.2) is 37.8 Å². The maximum absolute atomic E-state index is 13.4. The van der Waals surface area contributed by atoms with Gasteiger partial charge in [0.25, 0.3) is 0 Å². The first-order valence-electron chi connectivity index (χ1n) is 33.4. The van der Waals surface area contributed by atoms with Gasteiger partial charge in [-0.05, 0) is 108 Å². The van der Waals surface area contributed by atoms with Crippen LogP contribution in [0, 0.1) is 0 Å². The Labute approximate surface area is 666 Å². The average Bonchev–Trinajstić information content (AvgIpc) is 1.79. The molecule has 0 spiro atoms. The minimum absolute atomic E-state index is 0. The number of nitrogens with one attached hydrogen (secondary N) is 9. The number of hydrogen-bond donors (Lipinski definition) is 11. The predicted molar refractivity (Wildman–Crippen MR) is 410 cm³/mol. The number of nitrogens with zero attached hydrogens (tertiary/aromatic N) is 3. The molecular weight excluding hydrogens is 1540 g/mol. The van der Waals surface area contributed by atoms with Crippen LogP contribution in [0.3, 0.4) is 0 Å². The largest absolute Gasteiger partial charge is 1.00 e. The SMILES string of the molecule is CCc1csc([C@H](Cc2ccc(NS(=O)(=O)O)cc2)NC(=O)[C@H](Cc2ccccc2)NC(=O)OC)n1.CCc1csc([C@H](Cc2ccc(NS(=O)(=O)O)cc2)NC(=O)[C@H](Cc2ccccc2)NC(=O)OC)n1.CCc1csc([C@H](Cc2ccc(NS(=O)(=O)[O-])cc2)NC(=O)[C@H](Cc2ccccc2)NC(=O)OC)n1.[Na+]. The maximum Gasteiger partial charge on any atom is 1.00 e. The molecule has 0 aliphatic carbocycles. The van der Waals surface area contributed by atoms with E-state index in [2.05, 4.69) is 46.9 Å². The number of carbonyl (C=O) groups is 6. The van der Waals surface area contributed by atoms with Crippen molar-refractivity contribution < 1.29 is 111 Å². The summed E-state index contributed by atoms with van der Waals surface area (Å²) in [6, 6.07) is 42.8. The van der Waals surface area contributed by atoms with Crippen molar-refractivity contribution >= 4 is 118 Å². The Hall–Kier alpha value is -9.44. The van der Waals surface area contributed by atoms with Gasteiger partial charge >= 0.3 is 68.4 Å². The van der Waals surface area contributed by atoms with Gasteiger partial charge in [-0.2, -0.15) is 16.8 Å². The molecule has 0 unspecified atom stereocenters. The van der Waals surface area contributed by atoms with Crippen molar-refractivity contribution in [1.82, 2.24) is 46.9 Å². The van der Waals surface area contributed by atoms with Crippen molar-refractivity contribution in [2.24, 2.45) is 0 Å². The minimum atomic E-state index is -4.63. The van der Waals surface area contributed by atoms with E-state index in [1.807, 2.05) is 142 Å². The van der Waals surface area contributed by atoms with Crippen LogP contribution < -0.4 is 75.6 Å². The van der Waals surface area contributed by atoms with Crippen molar-refractivity contribution in [3.8, 4) is 0 Å². The standard InChI is InChI=1S/3C24H28N4O6S2.Na/c3*1-3-18-15-35-23(25-18)21(14-17-9-11-19(12-10-17)28-36(31,32)33)26-22(29)20(27-24(30)34-2)13-16-7-5-4-6-8-16;/h3*4-12,15,20-21,28H,3,13-14H2,1-2H3,(H,26,29)(H,27,30)(H,31,32,33);/q;;;+1/p-1/t3*20-,21-;/m000./s1. The molecule has 3 aromatic heterocycles. The van der Waals surface area contributed by atoms with Gasteiger partial charge < -0.3 is 50.7 Å². The number of alkyl carbamates (subject to hydrolysis) is 3. The number of thiazole rings is 3. The smallest absolute Gasteiger partial charge is 0.731 e. The summed E-state index contributed by atoms with van der Waals surface area (Å²) in [5, 5.41) is 24.7. The minimum Gasteiger partial charge on any atom is -0.731 e. The van der Waals surface area contributed by atoms with E-state index in [0.29, 0.717) is 34.3 Å². The van der Waals surface area contributed by atoms with Crippen LogP contribution in [0.15, 0.2) is 180 Å². The molecule has 0 saturated heterocycles. The van der Waals surface area contributed by atoms with Crippen LogP contribution >= 0.6 is 34.0 Å². The zero-order chi connectivity index (χ0) is 78.4. The summed E-state index contributed by atoms with van der Waals surface area (Å²) in [5.41, 5.74) is 8.22. The zero-order valence-electron chi connectivity index (χ0n) is 60.4. The number of rotatable bonds is 33. The Kier molecular flexibility index (Phi) is 35.4. The number of anilines is 3. The number of carbonyl (C=O) groups excluding carboxylic acids is 6. The fourth-order valence-electron chi connectivity index (χ4n) is 10.4. The summed E-state index contributed by atoms with van der Waals surface area (Å²) >= 11 is 4.27. The van der Waals surface area contributed by atoms with E-state index in [1.165, 1.54) is 91.7 Å². The molecule has 109 heavy (non-hydrogen) atoms. The van der Waals surface area contributed by atoms with Gasteiger partial charge in [0, 0.05) is 41.1 Å². The van der Waals surface area contributed by atoms with Crippen molar-refractivity contribution in [2.45, 2.75) is 115 Å². The second kappa shape index (κ2) is 43.7. The molecule has 11 N–H and O–H groups in total. The van der Waals surface area contributed by atoms with Gasteiger partial charge in [0.05, 0.1) is 67.9 Å². The molecule has 0 fully saturated rings. The summed E-state index contributed by atoms with van der Waals surface area (Å²) in [6.45, 7) is 5.96. The van der Waals surface area contributed by atoms with E-state index in [0.717, 1.165) is 69.7 Å². The molecule has 0 aliphatic rings. The van der Waals surface area contributed by atoms with Crippen molar-refractivity contribution in [1.29, 1.82) is 0 Å². The first-order chi connectivity index (χ1) is 51.5. The van der Waals surface area contributed by atoms with E-state index in [4.69, 9.17) is 23.3 Å². The number of benzene rings is 6. The average molecular weight is 1620 g/mol. The quantitative estimate of drug-likeness (QED) is 0.0118. The third-order valence-corrected chi connectivity index (χ3v) is 20.3. The fraction of sp³-hybridized carbons (Fsp3) is 0.292. The van der Waals surface area contributed by atoms with Crippen LogP contribution in [0.25, 0.3) is 0 Å². The molecule has 30 nitrogen and oxygen atoms in total. The van der Waals surface area contributed by atoms with E-state index in [1.54, 1.807) is 36.4 Å².